The number of aliphatic hydroxyl groups is 1. The first-order chi connectivity index (χ1) is 15.1. The SMILES string of the molecule is C=C.C=C.C=C(C)C(C)C(C)C(=O)O.C=C(C)c1ccccc1.C=C(O)c1ccccc1. The lowest BCUT2D eigenvalue weighted by molar-refractivity contribution is -0.142. The van der Waals surface area contributed by atoms with E-state index in [9.17, 15) is 4.79 Å². The molecular formula is C29H40O3. The van der Waals surface area contributed by atoms with Gasteiger partial charge in [0.2, 0.25) is 0 Å². The molecular weight excluding hydrogens is 396 g/mol. The Morgan fingerprint density at radius 3 is 1.19 bits per heavy atom. The van der Waals surface area contributed by atoms with Crippen LogP contribution in [0.3, 0.4) is 0 Å². The molecule has 2 unspecified atom stereocenters. The summed E-state index contributed by atoms with van der Waals surface area (Å²) in [6, 6.07) is 19.4. The average Bonchev–Trinajstić information content (AvgIpc) is 2.82. The van der Waals surface area contributed by atoms with Crippen LogP contribution in [0.15, 0.2) is 112 Å². The van der Waals surface area contributed by atoms with Gasteiger partial charge in [-0.2, -0.15) is 0 Å². The van der Waals surface area contributed by atoms with Gasteiger partial charge in [0.25, 0.3) is 0 Å². The Hall–Kier alpha value is -3.59. The molecule has 0 aromatic heterocycles. The molecule has 32 heavy (non-hydrogen) atoms. The molecule has 0 aliphatic rings. The summed E-state index contributed by atoms with van der Waals surface area (Å²) in [5.41, 5.74) is 4.04. The summed E-state index contributed by atoms with van der Waals surface area (Å²) >= 11 is 0. The van der Waals surface area contributed by atoms with Crippen molar-refractivity contribution >= 4 is 17.3 Å². The zero-order chi connectivity index (χ0) is 25.7. The molecule has 0 heterocycles. The third-order valence-electron chi connectivity index (χ3n) is 4.29. The number of hydrogen-bond donors (Lipinski definition) is 2. The Bertz CT molecular complexity index is 722. The minimum atomic E-state index is -0.754. The molecule has 2 atom stereocenters. The maximum absolute atomic E-state index is 10.4. The minimum absolute atomic E-state index is 0.0671. The number of carboxylic acids is 1. The zero-order valence-corrected chi connectivity index (χ0v) is 20.2. The lowest BCUT2D eigenvalue weighted by Crippen LogP contribution is -2.18. The number of hydrogen-bond acceptors (Lipinski definition) is 2. The third-order valence-corrected chi connectivity index (χ3v) is 4.29. The molecule has 2 N–H and O–H groups in total. The van der Waals surface area contributed by atoms with Crippen LogP contribution in [0.1, 0.15) is 38.8 Å². The highest BCUT2D eigenvalue weighted by Gasteiger charge is 2.18. The predicted octanol–water partition coefficient (Wildman–Crippen LogP) is 8.46. The molecule has 0 aliphatic carbocycles. The van der Waals surface area contributed by atoms with Crippen LogP contribution in [0.5, 0.6) is 0 Å². The summed E-state index contributed by atoms with van der Waals surface area (Å²) in [7, 11) is 0. The second-order valence-electron chi connectivity index (χ2n) is 6.72. The maximum Gasteiger partial charge on any atom is 0.306 e. The van der Waals surface area contributed by atoms with Crippen LogP contribution in [0.2, 0.25) is 0 Å². The van der Waals surface area contributed by atoms with Crippen molar-refractivity contribution < 1.29 is 15.0 Å². The molecule has 0 spiro atoms. The number of rotatable bonds is 5. The predicted molar refractivity (Wildman–Crippen MR) is 143 cm³/mol. The van der Waals surface area contributed by atoms with Crippen molar-refractivity contribution in [1.29, 1.82) is 0 Å². The first-order valence-electron chi connectivity index (χ1n) is 10.1. The highest BCUT2D eigenvalue weighted by molar-refractivity contribution is 5.70. The van der Waals surface area contributed by atoms with E-state index in [0.717, 1.165) is 16.7 Å². The Kier molecular flexibility index (Phi) is 21.4. The lowest BCUT2D eigenvalue weighted by Gasteiger charge is -2.14. The zero-order valence-electron chi connectivity index (χ0n) is 20.2. The number of aliphatic hydroxyl groups excluding tert-OH is 1. The molecule has 3 nitrogen and oxygen atoms in total. The molecule has 0 saturated heterocycles. The fourth-order valence-electron chi connectivity index (χ4n) is 1.99. The van der Waals surface area contributed by atoms with E-state index in [4.69, 9.17) is 10.2 Å². The van der Waals surface area contributed by atoms with Crippen LogP contribution >= 0.6 is 0 Å². The van der Waals surface area contributed by atoms with Gasteiger partial charge in [-0.1, -0.05) is 105 Å². The fraction of sp³-hybridized carbons (Fsp3) is 0.207. The van der Waals surface area contributed by atoms with Crippen LogP contribution in [-0.2, 0) is 4.79 Å². The number of benzene rings is 2. The van der Waals surface area contributed by atoms with E-state index >= 15 is 0 Å². The summed E-state index contributed by atoms with van der Waals surface area (Å²) in [6.07, 6.45) is 0. The molecule has 0 amide bonds. The fourth-order valence-corrected chi connectivity index (χ4v) is 1.99. The smallest absolute Gasteiger partial charge is 0.306 e. The Balaban J connectivity index is -0.000000365. The molecule has 0 aliphatic heterocycles. The van der Waals surface area contributed by atoms with E-state index < -0.39 is 5.97 Å². The number of aliphatic carboxylic acids is 1. The third kappa shape index (κ3) is 16.2. The molecule has 0 radical (unpaired) electrons. The second kappa shape index (κ2) is 20.7. The van der Waals surface area contributed by atoms with Crippen molar-refractivity contribution in [2.45, 2.75) is 27.7 Å². The van der Waals surface area contributed by atoms with Crippen molar-refractivity contribution in [1.82, 2.24) is 0 Å². The van der Waals surface area contributed by atoms with Crippen molar-refractivity contribution in [2.75, 3.05) is 0 Å². The van der Waals surface area contributed by atoms with Crippen molar-refractivity contribution in [2.24, 2.45) is 11.8 Å². The number of carboxylic acid groups (broad SMARTS) is 1. The van der Waals surface area contributed by atoms with Gasteiger partial charge in [-0.3, -0.25) is 4.79 Å². The highest BCUT2D eigenvalue weighted by Crippen LogP contribution is 2.17. The van der Waals surface area contributed by atoms with Crippen LogP contribution in [0, 0.1) is 11.8 Å². The molecule has 2 aromatic carbocycles. The minimum Gasteiger partial charge on any atom is -0.508 e. The van der Waals surface area contributed by atoms with Gasteiger partial charge >= 0.3 is 5.97 Å². The van der Waals surface area contributed by atoms with E-state index in [2.05, 4.69) is 58.2 Å². The molecule has 2 aromatic rings. The molecule has 3 heteroatoms. The van der Waals surface area contributed by atoms with Crippen LogP contribution < -0.4 is 0 Å². The van der Waals surface area contributed by atoms with Crippen LogP contribution in [0.25, 0.3) is 11.3 Å². The topological polar surface area (TPSA) is 57.5 Å². The van der Waals surface area contributed by atoms with Gasteiger partial charge in [-0.05, 0) is 25.3 Å². The maximum atomic E-state index is 10.4. The summed E-state index contributed by atoms with van der Waals surface area (Å²) in [6.45, 7) is 30.3. The Morgan fingerprint density at radius 2 is 1.03 bits per heavy atom. The lowest BCUT2D eigenvalue weighted by atomic mass is 9.91. The van der Waals surface area contributed by atoms with Crippen molar-refractivity contribution in [3.8, 4) is 0 Å². The van der Waals surface area contributed by atoms with E-state index in [1.807, 2.05) is 69.3 Å². The van der Waals surface area contributed by atoms with Gasteiger partial charge in [-0.15, -0.1) is 26.3 Å². The highest BCUT2D eigenvalue weighted by atomic mass is 16.4. The van der Waals surface area contributed by atoms with Gasteiger partial charge in [0.15, 0.2) is 0 Å². The quantitative estimate of drug-likeness (QED) is 0.365. The van der Waals surface area contributed by atoms with Gasteiger partial charge in [0.05, 0.1) is 5.92 Å². The summed E-state index contributed by atoms with van der Waals surface area (Å²) in [5.74, 6) is -0.888. The molecule has 0 bridgehead atoms. The van der Waals surface area contributed by atoms with Crippen molar-refractivity contribution in [3.63, 3.8) is 0 Å². The van der Waals surface area contributed by atoms with E-state index in [1.54, 1.807) is 6.92 Å². The van der Waals surface area contributed by atoms with Gasteiger partial charge in [-0.25, -0.2) is 0 Å². The summed E-state index contributed by atoms with van der Waals surface area (Å²) in [5, 5.41) is 17.4. The van der Waals surface area contributed by atoms with Crippen LogP contribution in [0.4, 0.5) is 0 Å². The number of carbonyl (C=O) groups is 1. The normalized spacial score (nSPS) is 10.2. The first-order valence-corrected chi connectivity index (χ1v) is 10.1. The first kappa shape index (κ1) is 33.1. The van der Waals surface area contributed by atoms with Gasteiger partial charge < -0.3 is 10.2 Å². The molecule has 174 valence electrons. The van der Waals surface area contributed by atoms with Gasteiger partial charge in [0, 0.05) is 5.56 Å². The van der Waals surface area contributed by atoms with Crippen LogP contribution in [-0.4, -0.2) is 16.2 Å². The van der Waals surface area contributed by atoms with E-state index in [1.165, 1.54) is 5.56 Å². The Labute approximate surface area is 195 Å². The molecule has 0 fully saturated rings. The van der Waals surface area contributed by atoms with Crippen molar-refractivity contribution in [3.05, 3.63) is 123 Å². The summed E-state index contributed by atoms with van der Waals surface area (Å²) in [4.78, 5) is 10.4. The summed E-state index contributed by atoms with van der Waals surface area (Å²) < 4.78 is 0. The van der Waals surface area contributed by atoms with E-state index in [0.29, 0.717) is 0 Å². The molecule has 2 rings (SSSR count). The number of allylic oxidation sites excluding steroid dienone is 2. The van der Waals surface area contributed by atoms with Gasteiger partial charge in [0.1, 0.15) is 5.76 Å². The monoisotopic (exact) mass is 436 g/mol. The largest absolute Gasteiger partial charge is 0.508 e. The standard InChI is InChI=1S/C9H10.C8H14O2.C8H8O.2C2H4/c1-8(2)9-6-4-3-5-7-9;1-5(2)6(3)7(4)8(9)10;1-7(9)8-5-3-2-4-6-8;2*1-2/h3-7H,1H2,2H3;6-7H,1H2,2-4H3,(H,9,10);2-6,9H,1H2;2*1-2H2. The Morgan fingerprint density at radius 1 is 0.688 bits per heavy atom. The van der Waals surface area contributed by atoms with E-state index in [-0.39, 0.29) is 17.6 Å². The second-order valence-corrected chi connectivity index (χ2v) is 6.72. The molecule has 0 saturated carbocycles. The average molecular weight is 437 g/mol.